The van der Waals surface area contributed by atoms with E-state index in [4.69, 9.17) is 55.9 Å². The van der Waals surface area contributed by atoms with Gasteiger partial charge >= 0.3 is 6.16 Å². The zero-order chi connectivity index (χ0) is 20.1. The summed E-state index contributed by atoms with van der Waals surface area (Å²) in [6.45, 7) is 0.297. The molecule has 0 aliphatic heterocycles. The van der Waals surface area contributed by atoms with Crippen LogP contribution in [0.2, 0.25) is 20.1 Å². The normalized spacial score (nSPS) is 11.9. The molecule has 1 aromatic heterocycles. The standard InChI is InChI=1S/C19H14Cl4N2O3/c20-13-2-3-14(16(22)8-13)18(9-25-6-5-24-11-25)28-19(26)27-10-12-1-4-15(21)17(23)7-12/h1-8,11,18H,9-10H2. The van der Waals surface area contributed by atoms with E-state index in [0.717, 1.165) is 0 Å². The molecule has 146 valence electrons. The number of halogens is 4. The molecule has 2 aromatic carbocycles. The Bertz CT molecular complexity index is 964. The largest absolute Gasteiger partial charge is 0.509 e. The van der Waals surface area contributed by atoms with Crippen LogP contribution in [-0.2, 0) is 22.6 Å². The first-order chi connectivity index (χ1) is 13.4. The summed E-state index contributed by atoms with van der Waals surface area (Å²) in [5.41, 5.74) is 1.29. The predicted octanol–water partition coefficient (Wildman–Crippen LogP) is 6.59. The zero-order valence-electron chi connectivity index (χ0n) is 14.3. The summed E-state index contributed by atoms with van der Waals surface area (Å²) >= 11 is 24.1. The van der Waals surface area contributed by atoms with Crippen LogP contribution in [-0.4, -0.2) is 15.7 Å². The van der Waals surface area contributed by atoms with Gasteiger partial charge in [0.2, 0.25) is 0 Å². The van der Waals surface area contributed by atoms with Gasteiger partial charge in [-0.2, -0.15) is 0 Å². The minimum absolute atomic E-state index is 0.0120. The van der Waals surface area contributed by atoms with E-state index in [2.05, 4.69) is 4.98 Å². The van der Waals surface area contributed by atoms with Crippen molar-refractivity contribution in [3.05, 3.63) is 86.3 Å². The second-order valence-electron chi connectivity index (χ2n) is 5.82. The minimum atomic E-state index is -0.845. The van der Waals surface area contributed by atoms with Crippen molar-refractivity contribution in [3.8, 4) is 0 Å². The summed E-state index contributed by atoms with van der Waals surface area (Å²) in [7, 11) is 0. The average Bonchev–Trinajstić information content (AvgIpc) is 3.15. The molecule has 0 aliphatic carbocycles. The summed E-state index contributed by atoms with van der Waals surface area (Å²) < 4.78 is 12.5. The molecule has 0 amide bonds. The second-order valence-corrected chi connectivity index (χ2v) is 7.48. The Hall–Kier alpha value is -1.92. The van der Waals surface area contributed by atoms with E-state index in [1.807, 2.05) is 0 Å². The SMILES string of the molecule is O=C(OCc1ccc(Cl)c(Cl)c1)OC(Cn1ccnc1)c1ccc(Cl)cc1Cl. The number of rotatable bonds is 6. The lowest BCUT2D eigenvalue weighted by molar-refractivity contribution is 0.0127. The summed E-state index contributed by atoms with van der Waals surface area (Å²) in [6.07, 6.45) is 3.45. The molecule has 0 spiro atoms. The number of carbonyl (C=O) groups is 1. The van der Waals surface area contributed by atoms with Crippen molar-refractivity contribution in [2.45, 2.75) is 19.3 Å². The van der Waals surface area contributed by atoms with Gasteiger partial charge in [-0.25, -0.2) is 9.78 Å². The Kier molecular flexibility index (Phi) is 7.08. The van der Waals surface area contributed by atoms with Gasteiger partial charge in [0.15, 0.2) is 0 Å². The molecule has 1 unspecified atom stereocenters. The number of benzene rings is 2. The van der Waals surface area contributed by atoms with Gasteiger partial charge < -0.3 is 14.0 Å². The fraction of sp³-hybridized carbons (Fsp3) is 0.158. The first kappa shape index (κ1) is 20.8. The molecule has 0 fully saturated rings. The molecular formula is C19H14Cl4N2O3. The van der Waals surface area contributed by atoms with Crippen molar-refractivity contribution < 1.29 is 14.3 Å². The Morgan fingerprint density at radius 3 is 2.54 bits per heavy atom. The quantitative estimate of drug-likeness (QED) is 0.390. The Morgan fingerprint density at radius 2 is 1.86 bits per heavy atom. The molecule has 3 aromatic rings. The van der Waals surface area contributed by atoms with E-state index in [-0.39, 0.29) is 6.61 Å². The highest BCUT2D eigenvalue weighted by atomic mass is 35.5. The van der Waals surface area contributed by atoms with Crippen molar-refractivity contribution in [1.82, 2.24) is 9.55 Å². The topological polar surface area (TPSA) is 53.4 Å². The summed E-state index contributed by atoms with van der Waals surface area (Å²) in [5, 5.41) is 1.67. The molecule has 0 saturated carbocycles. The second kappa shape index (κ2) is 9.52. The molecular weight excluding hydrogens is 446 g/mol. The zero-order valence-corrected chi connectivity index (χ0v) is 17.3. The third-order valence-corrected chi connectivity index (χ3v) is 5.13. The van der Waals surface area contributed by atoms with E-state index in [9.17, 15) is 4.79 Å². The molecule has 1 atom stereocenters. The highest BCUT2D eigenvalue weighted by molar-refractivity contribution is 6.42. The van der Waals surface area contributed by atoms with E-state index in [1.54, 1.807) is 59.7 Å². The van der Waals surface area contributed by atoms with Crippen LogP contribution < -0.4 is 0 Å². The first-order valence-electron chi connectivity index (χ1n) is 8.10. The van der Waals surface area contributed by atoms with Crippen LogP contribution in [0.1, 0.15) is 17.2 Å². The molecule has 3 rings (SSSR count). The van der Waals surface area contributed by atoms with Crippen LogP contribution >= 0.6 is 46.4 Å². The molecule has 5 nitrogen and oxygen atoms in total. The van der Waals surface area contributed by atoms with Gasteiger partial charge in [-0.05, 0) is 29.8 Å². The fourth-order valence-electron chi connectivity index (χ4n) is 2.47. The third kappa shape index (κ3) is 5.55. The molecule has 28 heavy (non-hydrogen) atoms. The average molecular weight is 460 g/mol. The van der Waals surface area contributed by atoms with Crippen molar-refractivity contribution in [3.63, 3.8) is 0 Å². The maximum Gasteiger partial charge on any atom is 0.509 e. The van der Waals surface area contributed by atoms with Crippen molar-refractivity contribution in [2.24, 2.45) is 0 Å². The molecule has 0 radical (unpaired) electrons. The Balaban J connectivity index is 1.71. The number of hydrogen-bond acceptors (Lipinski definition) is 4. The van der Waals surface area contributed by atoms with Crippen molar-refractivity contribution >= 4 is 52.6 Å². The number of nitrogens with zero attached hydrogens (tertiary/aromatic N) is 2. The van der Waals surface area contributed by atoms with Crippen LogP contribution in [0.3, 0.4) is 0 Å². The maximum absolute atomic E-state index is 12.3. The van der Waals surface area contributed by atoms with Crippen molar-refractivity contribution in [2.75, 3.05) is 0 Å². The summed E-state index contributed by atoms with van der Waals surface area (Å²) in [4.78, 5) is 16.3. The molecule has 0 aliphatic rings. The highest BCUT2D eigenvalue weighted by Gasteiger charge is 2.21. The molecule has 0 saturated heterocycles. The molecule has 1 heterocycles. The van der Waals surface area contributed by atoms with Gasteiger partial charge in [0.25, 0.3) is 0 Å². The molecule has 9 heteroatoms. The van der Waals surface area contributed by atoms with E-state index >= 15 is 0 Å². The number of aromatic nitrogens is 2. The fourth-order valence-corrected chi connectivity index (χ4v) is 3.32. The van der Waals surface area contributed by atoms with Gasteiger partial charge in [0, 0.05) is 28.0 Å². The lowest BCUT2D eigenvalue weighted by Crippen LogP contribution is -2.17. The smallest absolute Gasteiger partial charge is 0.429 e. The van der Waals surface area contributed by atoms with Crippen LogP contribution in [0.15, 0.2) is 55.1 Å². The number of imidazole rings is 1. The number of hydrogen-bond donors (Lipinski definition) is 0. The first-order valence-corrected chi connectivity index (χ1v) is 9.61. The van der Waals surface area contributed by atoms with Crippen LogP contribution in [0.5, 0.6) is 0 Å². The number of ether oxygens (including phenoxy) is 2. The minimum Gasteiger partial charge on any atom is -0.429 e. The lowest BCUT2D eigenvalue weighted by Gasteiger charge is -2.20. The Labute approximate surface area is 181 Å². The third-order valence-electron chi connectivity index (χ3n) is 3.82. The van der Waals surface area contributed by atoms with E-state index < -0.39 is 12.3 Å². The molecule has 0 bridgehead atoms. The van der Waals surface area contributed by atoms with Gasteiger partial charge in [-0.1, -0.05) is 58.5 Å². The molecule has 0 N–H and O–H groups in total. The van der Waals surface area contributed by atoms with Crippen LogP contribution in [0.25, 0.3) is 0 Å². The summed E-state index contributed by atoms with van der Waals surface area (Å²) in [5.74, 6) is 0. The van der Waals surface area contributed by atoms with Crippen molar-refractivity contribution in [1.29, 1.82) is 0 Å². The monoisotopic (exact) mass is 458 g/mol. The van der Waals surface area contributed by atoms with Gasteiger partial charge in [0.05, 0.1) is 22.9 Å². The highest BCUT2D eigenvalue weighted by Crippen LogP contribution is 2.30. The van der Waals surface area contributed by atoms with E-state index in [0.29, 0.717) is 37.8 Å². The van der Waals surface area contributed by atoms with Crippen LogP contribution in [0.4, 0.5) is 4.79 Å². The predicted molar refractivity (Wildman–Crippen MR) is 109 cm³/mol. The van der Waals surface area contributed by atoms with Gasteiger partial charge in [0.1, 0.15) is 12.7 Å². The van der Waals surface area contributed by atoms with Crippen LogP contribution in [0, 0.1) is 0 Å². The van der Waals surface area contributed by atoms with E-state index in [1.165, 1.54) is 0 Å². The summed E-state index contributed by atoms with van der Waals surface area (Å²) in [6, 6.07) is 9.93. The Morgan fingerprint density at radius 1 is 1.04 bits per heavy atom. The maximum atomic E-state index is 12.3. The van der Waals surface area contributed by atoms with Gasteiger partial charge in [-0.15, -0.1) is 0 Å². The van der Waals surface area contributed by atoms with Gasteiger partial charge in [-0.3, -0.25) is 0 Å². The number of carbonyl (C=O) groups excluding carboxylic acids is 1. The lowest BCUT2D eigenvalue weighted by atomic mass is 10.1.